The summed E-state index contributed by atoms with van der Waals surface area (Å²) in [6, 6.07) is -3.57. The maximum atomic E-state index is 12.9. The van der Waals surface area contributed by atoms with Crippen molar-refractivity contribution in [1.29, 1.82) is 0 Å². The zero-order chi connectivity index (χ0) is 19.4. The van der Waals surface area contributed by atoms with E-state index in [1.54, 1.807) is 6.92 Å². The highest BCUT2D eigenvalue weighted by Crippen LogP contribution is 2.25. The molecule has 0 radical (unpaired) electrons. The molecule has 146 valence electrons. The number of aliphatic carboxylic acids is 1. The van der Waals surface area contributed by atoms with E-state index in [1.165, 1.54) is 9.80 Å². The number of nitrogens with zero attached hydrogens (tertiary/aromatic N) is 2. The van der Waals surface area contributed by atoms with Crippen LogP contribution in [0.1, 0.15) is 32.6 Å². The Morgan fingerprint density at radius 1 is 1.12 bits per heavy atom. The van der Waals surface area contributed by atoms with E-state index < -0.39 is 42.7 Å². The van der Waals surface area contributed by atoms with Gasteiger partial charge >= 0.3 is 5.97 Å². The van der Waals surface area contributed by atoms with Gasteiger partial charge in [-0.2, -0.15) is 0 Å². The van der Waals surface area contributed by atoms with Crippen LogP contribution in [0.15, 0.2) is 0 Å². The van der Waals surface area contributed by atoms with E-state index in [0.29, 0.717) is 38.8 Å². The molecule has 10 nitrogen and oxygen atoms in total. The molecule has 4 unspecified atom stereocenters. The summed E-state index contributed by atoms with van der Waals surface area (Å²) in [6.07, 6.45) is 2.21. The van der Waals surface area contributed by atoms with Crippen LogP contribution in [0.2, 0.25) is 0 Å². The highest BCUT2D eigenvalue weighted by atomic mass is 16.4. The van der Waals surface area contributed by atoms with Crippen LogP contribution in [0.4, 0.5) is 0 Å². The first kappa shape index (κ1) is 20.1. The molecule has 0 aromatic rings. The first-order chi connectivity index (χ1) is 12.3. The second-order valence-corrected chi connectivity index (χ2v) is 6.75. The summed E-state index contributed by atoms with van der Waals surface area (Å²) in [5, 5.41) is 20.3. The summed E-state index contributed by atoms with van der Waals surface area (Å²) >= 11 is 0. The summed E-state index contributed by atoms with van der Waals surface area (Å²) in [7, 11) is 0. The lowest BCUT2D eigenvalue weighted by Gasteiger charge is -2.32. The lowest BCUT2D eigenvalue weighted by Crippen LogP contribution is -2.56. The molecule has 0 aromatic heterocycles. The molecule has 2 aliphatic heterocycles. The van der Waals surface area contributed by atoms with Gasteiger partial charge in [-0.1, -0.05) is 0 Å². The number of nitrogens with two attached hydrogens (primary N) is 1. The summed E-state index contributed by atoms with van der Waals surface area (Å²) < 4.78 is 0. The van der Waals surface area contributed by atoms with Crippen LogP contribution in [-0.2, 0) is 19.2 Å². The van der Waals surface area contributed by atoms with Crippen LogP contribution < -0.4 is 11.1 Å². The minimum Gasteiger partial charge on any atom is -0.480 e. The molecule has 2 heterocycles. The predicted molar refractivity (Wildman–Crippen MR) is 89.8 cm³/mol. The highest BCUT2D eigenvalue weighted by Gasteiger charge is 2.42. The number of amides is 3. The lowest BCUT2D eigenvalue weighted by atomic mass is 10.1. The fraction of sp³-hybridized carbons (Fsp3) is 0.750. The van der Waals surface area contributed by atoms with E-state index in [0.717, 1.165) is 0 Å². The van der Waals surface area contributed by atoms with Crippen molar-refractivity contribution in [3.63, 3.8) is 0 Å². The van der Waals surface area contributed by atoms with Gasteiger partial charge in [-0.3, -0.25) is 14.4 Å². The minimum atomic E-state index is -1.41. The molecule has 0 saturated carbocycles. The van der Waals surface area contributed by atoms with Crippen molar-refractivity contribution in [2.45, 2.75) is 56.8 Å². The number of hydrogen-bond acceptors (Lipinski definition) is 6. The Morgan fingerprint density at radius 2 is 1.69 bits per heavy atom. The highest BCUT2D eigenvalue weighted by molar-refractivity contribution is 5.94. The molecule has 4 atom stereocenters. The maximum absolute atomic E-state index is 12.9. The van der Waals surface area contributed by atoms with Crippen molar-refractivity contribution in [3.05, 3.63) is 0 Å². The molecule has 2 aliphatic rings. The van der Waals surface area contributed by atoms with Crippen LogP contribution in [0.5, 0.6) is 0 Å². The summed E-state index contributed by atoms with van der Waals surface area (Å²) in [6.45, 7) is 1.65. The van der Waals surface area contributed by atoms with E-state index in [9.17, 15) is 19.2 Å². The fourth-order valence-electron chi connectivity index (χ4n) is 3.50. The third kappa shape index (κ3) is 4.13. The molecule has 0 bridgehead atoms. The molecule has 2 rings (SSSR count). The van der Waals surface area contributed by atoms with E-state index in [4.69, 9.17) is 15.9 Å². The van der Waals surface area contributed by atoms with Crippen molar-refractivity contribution in [3.8, 4) is 0 Å². The molecular weight excluding hydrogens is 344 g/mol. The van der Waals surface area contributed by atoms with Gasteiger partial charge in [0.05, 0.1) is 12.6 Å². The predicted octanol–water partition coefficient (Wildman–Crippen LogP) is -2.12. The maximum Gasteiger partial charge on any atom is 0.328 e. The Kier molecular flexibility index (Phi) is 6.54. The lowest BCUT2D eigenvalue weighted by molar-refractivity contribution is -0.148. The first-order valence-corrected chi connectivity index (χ1v) is 8.78. The van der Waals surface area contributed by atoms with E-state index in [2.05, 4.69) is 5.32 Å². The zero-order valence-electron chi connectivity index (χ0n) is 14.8. The first-order valence-electron chi connectivity index (χ1n) is 8.78. The monoisotopic (exact) mass is 370 g/mol. The van der Waals surface area contributed by atoms with Crippen LogP contribution in [0.3, 0.4) is 0 Å². The number of aliphatic hydroxyl groups excluding tert-OH is 1. The van der Waals surface area contributed by atoms with Crippen molar-refractivity contribution in [2.75, 3.05) is 19.7 Å². The Labute approximate surface area is 151 Å². The number of hydrogen-bond donors (Lipinski definition) is 4. The van der Waals surface area contributed by atoms with E-state index >= 15 is 0 Å². The molecule has 0 aliphatic carbocycles. The van der Waals surface area contributed by atoms with Crippen LogP contribution >= 0.6 is 0 Å². The molecule has 5 N–H and O–H groups in total. The second-order valence-electron chi connectivity index (χ2n) is 6.75. The number of likely N-dealkylation sites (tertiary alicyclic amines) is 2. The van der Waals surface area contributed by atoms with Crippen LogP contribution in [0.25, 0.3) is 0 Å². The molecule has 2 saturated heterocycles. The van der Waals surface area contributed by atoms with Gasteiger partial charge < -0.3 is 31.1 Å². The number of carbonyl (C=O) groups excluding carboxylic acids is 3. The van der Waals surface area contributed by atoms with Gasteiger partial charge in [-0.05, 0) is 32.6 Å². The van der Waals surface area contributed by atoms with Gasteiger partial charge in [0, 0.05) is 13.1 Å². The van der Waals surface area contributed by atoms with E-state index in [1.807, 2.05) is 0 Å². The fourth-order valence-corrected chi connectivity index (χ4v) is 3.50. The number of rotatable bonds is 6. The zero-order valence-corrected chi connectivity index (χ0v) is 14.8. The summed E-state index contributed by atoms with van der Waals surface area (Å²) in [5.74, 6) is -2.57. The third-order valence-electron chi connectivity index (χ3n) is 4.85. The average molecular weight is 370 g/mol. The Balaban J connectivity index is 2.09. The van der Waals surface area contributed by atoms with Gasteiger partial charge in [-0.15, -0.1) is 0 Å². The van der Waals surface area contributed by atoms with Gasteiger partial charge in [-0.25, -0.2) is 4.79 Å². The molecule has 0 aromatic carbocycles. The molecule has 0 spiro atoms. The summed E-state index contributed by atoms with van der Waals surface area (Å²) in [5.41, 5.74) is 5.65. The smallest absolute Gasteiger partial charge is 0.328 e. The van der Waals surface area contributed by atoms with Gasteiger partial charge in [0.2, 0.25) is 17.7 Å². The van der Waals surface area contributed by atoms with Crippen molar-refractivity contribution in [2.24, 2.45) is 5.73 Å². The van der Waals surface area contributed by atoms with Gasteiger partial charge in [0.25, 0.3) is 0 Å². The molecule has 3 amide bonds. The number of aliphatic hydroxyl groups is 1. The minimum absolute atomic E-state index is 0.299. The van der Waals surface area contributed by atoms with Gasteiger partial charge in [0.15, 0.2) is 0 Å². The SMILES string of the molecule is CC(N)C(=O)N1CCCC1C(=O)N1CCCC1C(=O)NC(CO)C(=O)O. The standard InChI is InChI=1S/C16H26N4O6/c1-9(17)14(23)20-7-3-5-12(20)15(24)19-6-2-4-11(19)13(22)18-10(8-21)16(25)26/h9-12,21H,2-8,17H2,1H3,(H,18,22)(H,25,26). The number of carbonyl (C=O) groups is 4. The van der Waals surface area contributed by atoms with E-state index in [-0.39, 0.29) is 11.8 Å². The molecule has 10 heteroatoms. The summed E-state index contributed by atoms with van der Waals surface area (Å²) in [4.78, 5) is 51.4. The molecule has 2 fully saturated rings. The third-order valence-corrected chi connectivity index (χ3v) is 4.85. The number of carboxylic acid groups (broad SMARTS) is 1. The van der Waals surface area contributed by atoms with Crippen molar-refractivity contribution in [1.82, 2.24) is 15.1 Å². The number of nitrogens with one attached hydrogen (secondary N) is 1. The Hall–Kier alpha value is -2.20. The van der Waals surface area contributed by atoms with Crippen molar-refractivity contribution >= 4 is 23.7 Å². The average Bonchev–Trinajstić information content (AvgIpc) is 3.26. The second kappa shape index (κ2) is 8.45. The van der Waals surface area contributed by atoms with Crippen LogP contribution in [-0.4, -0.2) is 87.6 Å². The Bertz CT molecular complexity index is 581. The molecule has 26 heavy (non-hydrogen) atoms. The number of carboxylic acids is 1. The normalized spacial score (nSPS) is 25.0. The molecular formula is C16H26N4O6. The topological polar surface area (TPSA) is 153 Å². The largest absolute Gasteiger partial charge is 0.480 e. The quantitative estimate of drug-likeness (QED) is 0.417. The Morgan fingerprint density at radius 3 is 2.23 bits per heavy atom. The van der Waals surface area contributed by atoms with Gasteiger partial charge in [0.1, 0.15) is 18.1 Å². The van der Waals surface area contributed by atoms with Crippen LogP contribution in [0, 0.1) is 0 Å². The van der Waals surface area contributed by atoms with Crippen molar-refractivity contribution < 1.29 is 29.4 Å².